The van der Waals surface area contributed by atoms with E-state index in [2.05, 4.69) is 19.5 Å². The Kier molecular flexibility index (Phi) is 3.42. The lowest BCUT2D eigenvalue weighted by Gasteiger charge is -2.32. The van der Waals surface area contributed by atoms with Crippen molar-refractivity contribution < 1.29 is 13.0 Å². The van der Waals surface area contributed by atoms with E-state index >= 15 is 0 Å². The van der Waals surface area contributed by atoms with Crippen LogP contribution in [0.5, 0.6) is 0 Å². The van der Waals surface area contributed by atoms with Crippen LogP contribution in [-0.2, 0) is 10.0 Å². The lowest BCUT2D eigenvalue weighted by molar-refractivity contribution is 0.274. The standard InChI is InChI=1S/C15H16N4O3S/c20-23(21,14-5-3-4-13-15(14)17-22-16-13)19-10-6-12(7-11-19)18-8-1-2-9-18/h1-5,8-9,12H,6-7,10-11H2. The first kappa shape index (κ1) is 14.4. The monoisotopic (exact) mass is 332 g/mol. The summed E-state index contributed by atoms with van der Waals surface area (Å²) < 4.78 is 34.1. The van der Waals surface area contributed by atoms with Crippen LogP contribution in [0.3, 0.4) is 0 Å². The molecule has 1 aromatic carbocycles. The quantitative estimate of drug-likeness (QED) is 0.733. The van der Waals surface area contributed by atoms with Crippen molar-refractivity contribution in [3.63, 3.8) is 0 Å². The molecule has 0 bridgehead atoms. The number of sulfonamides is 1. The molecule has 0 unspecified atom stereocenters. The summed E-state index contributed by atoms with van der Waals surface area (Å²) in [5.74, 6) is 0. The lowest BCUT2D eigenvalue weighted by atomic mass is 10.1. The van der Waals surface area contributed by atoms with E-state index in [0.717, 1.165) is 12.8 Å². The van der Waals surface area contributed by atoms with Gasteiger partial charge >= 0.3 is 0 Å². The van der Waals surface area contributed by atoms with Crippen molar-refractivity contribution >= 4 is 21.1 Å². The van der Waals surface area contributed by atoms with E-state index in [1.807, 2.05) is 24.5 Å². The Morgan fingerprint density at radius 2 is 1.78 bits per heavy atom. The largest absolute Gasteiger partial charge is 0.351 e. The average molecular weight is 332 g/mol. The number of hydrogen-bond acceptors (Lipinski definition) is 5. The molecule has 0 aliphatic carbocycles. The van der Waals surface area contributed by atoms with Gasteiger partial charge in [0, 0.05) is 31.5 Å². The van der Waals surface area contributed by atoms with Crippen LogP contribution in [-0.4, -0.2) is 40.7 Å². The minimum atomic E-state index is -3.59. The van der Waals surface area contributed by atoms with E-state index in [9.17, 15) is 8.42 Å². The molecule has 0 radical (unpaired) electrons. The van der Waals surface area contributed by atoms with Gasteiger partial charge in [-0.25, -0.2) is 13.0 Å². The molecule has 8 heteroatoms. The van der Waals surface area contributed by atoms with Crippen molar-refractivity contribution in [3.05, 3.63) is 42.7 Å². The molecule has 0 N–H and O–H groups in total. The third kappa shape index (κ3) is 2.43. The molecule has 7 nitrogen and oxygen atoms in total. The van der Waals surface area contributed by atoms with Crippen molar-refractivity contribution in [2.24, 2.45) is 0 Å². The number of nitrogens with zero attached hydrogens (tertiary/aromatic N) is 4. The molecular weight excluding hydrogens is 316 g/mol. The van der Waals surface area contributed by atoms with Crippen LogP contribution in [0.25, 0.3) is 11.0 Å². The Hall–Kier alpha value is -2.19. The van der Waals surface area contributed by atoms with Crippen molar-refractivity contribution in [3.8, 4) is 0 Å². The average Bonchev–Trinajstić information content (AvgIpc) is 3.26. The summed E-state index contributed by atoms with van der Waals surface area (Å²) >= 11 is 0. The Morgan fingerprint density at radius 1 is 1.04 bits per heavy atom. The number of rotatable bonds is 3. The van der Waals surface area contributed by atoms with E-state index in [1.54, 1.807) is 18.2 Å². The highest BCUT2D eigenvalue weighted by Crippen LogP contribution is 2.29. The van der Waals surface area contributed by atoms with E-state index < -0.39 is 10.0 Å². The maximum absolute atomic E-state index is 12.9. The SMILES string of the molecule is O=S(=O)(c1cccc2nonc12)N1CCC(n2cccc2)CC1. The summed E-state index contributed by atoms with van der Waals surface area (Å²) in [4.78, 5) is 0.163. The summed E-state index contributed by atoms with van der Waals surface area (Å²) in [6, 6.07) is 9.22. The molecular formula is C15H16N4O3S. The molecule has 1 saturated heterocycles. The van der Waals surface area contributed by atoms with E-state index in [4.69, 9.17) is 0 Å². The summed E-state index contributed by atoms with van der Waals surface area (Å²) in [5.41, 5.74) is 0.744. The lowest BCUT2D eigenvalue weighted by Crippen LogP contribution is -2.38. The molecule has 2 aromatic heterocycles. The van der Waals surface area contributed by atoms with E-state index in [1.165, 1.54) is 4.31 Å². The Balaban J connectivity index is 1.59. The first-order valence-electron chi connectivity index (χ1n) is 7.50. The third-order valence-electron chi connectivity index (χ3n) is 4.34. The molecule has 1 fully saturated rings. The van der Waals surface area contributed by atoms with Crippen molar-refractivity contribution in [2.75, 3.05) is 13.1 Å². The van der Waals surface area contributed by atoms with Gasteiger partial charge < -0.3 is 4.57 Å². The molecule has 0 spiro atoms. The van der Waals surface area contributed by atoms with Crippen LogP contribution >= 0.6 is 0 Å². The number of hydrogen-bond donors (Lipinski definition) is 0. The Labute approximate surface area is 133 Å². The molecule has 0 atom stereocenters. The number of aromatic nitrogens is 3. The van der Waals surface area contributed by atoms with E-state index in [0.29, 0.717) is 30.2 Å². The normalized spacial score (nSPS) is 17.7. The van der Waals surface area contributed by atoms with Gasteiger partial charge in [0.05, 0.1) is 0 Å². The molecule has 3 heterocycles. The highest BCUT2D eigenvalue weighted by Gasteiger charge is 2.31. The van der Waals surface area contributed by atoms with Crippen LogP contribution in [0.15, 0.2) is 52.3 Å². The highest BCUT2D eigenvalue weighted by atomic mass is 32.2. The highest BCUT2D eigenvalue weighted by molar-refractivity contribution is 7.89. The summed E-state index contributed by atoms with van der Waals surface area (Å²) in [6.07, 6.45) is 5.63. The van der Waals surface area contributed by atoms with Gasteiger partial charge in [0.2, 0.25) is 10.0 Å². The first-order chi connectivity index (χ1) is 11.2. The third-order valence-corrected chi connectivity index (χ3v) is 6.27. The molecule has 3 aromatic rings. The molecule has 4 rings (SSSR count). The molecule has 0 amide bonds. The van der Waals surface area contributed by atoms with Crippen LogP contribution in [0.2, 0.25) is 0 Å². The van der Waals surface area contributed by atoms with Crippen LogP contribution < -0.4 is 0 Å². The maximum Gasteiger partial charge on any atom is 0.245 e. The zero-order valence-corrected chi connectivity index (χ0v) is 13.2. The summed E-state index contributed by atoms with van der Waals surface area (Å²) in [6.45, 7) is 0.986. The fourth-order valence-electron chi connectivity index (χ4n) is 3.10. The number of benzene rings is 1. The summed E-state index contributed by atoms with van der Waals surface area (Å²) in [5, 5.41) is 7.45. The number of fused-ring (bicyclic) bond motifs is 1. The maximum atomic E-state index is 12.9. The predicted octanol–water partition coefficient (Wildman–Crippen LogP) is 2.05. The number of piperidine rings is 1. The molecule has 23 heavy (non-hydrogen) atoms. The minimum absolute atomic E-state index is 0.163. The van der Waals surface area contributed by atoms with Gasteiger partial charge in [0.25, 0.3) is 0 Å². The van der Waals surface area contributed by atoms with Crippen LogP contribution in [0, 0.1) is 0 Å². The second-order valence-electron chi connectivity index (χ2n) is 5.65. The van der Waals surface area contributed by atoms with Gasteiger partial charge in [-0.15, -0.1) is 0 Å². The first-order valence-corrected chi connectivity index (χ1v) is 8.94. The van der Waals surface area contributed by atoms with Crippen molar-refractivity contribution in [2.45, 2.75) is 23.8 Å². The molecule has 0 saturated carbocycles. The van der Waals surface area contributed by atoms with Gasteiger partial charge in [-0.1, -0.05) is 6.07 Å². The molecule has 1 aliphatic rings. The summed E-state index contributed by atoms with van der Waals surface area (Å²) in [7, 11) is -3.59. The smallest absolute Gasteiger partial charge is 0.245 e. The zero-order valence-electron chi connectivity index (χ0n) is 12.4. The van der Waals surface area contributed by atoms with Crippen LogP contribution in [0.1, 0.15) is 18.9 Å². The second kappa shape index (κ2) is 5.47. The Bertz CT molecular complexity index is 909. The van der Waals surface area contributed by atoms with Gasteiger partial charge in [-0.2, -0.15) is 4.31 Å². The molecule has 120 valence electrons. The Morgan fingerprint density at radius 3 is 2.52 bits per heavy atom. The van der Waals surface area contributed by atoms with Crippen LogP contribution in [0.4, 0.5) is 0 Å². The predicted molar refractivity (Wildman–Crippen MR) is 83.3 cm³/mol. The van der Waals surface area contributed by atoms with Crippen molar-refractivity contribution in [1.29, 1.82) is 0 Å². The minimum Gasteiger partial charge on any atom is -0.351 e. The van der Waals surface area contributed by atoms with Gasteiger partial charge in [0.15, 0.2) is 5.52 Å². The van der Waals surface area contributed by atoms with Gasteiger partial charge in [-0.3, -0.25) is 0 Å². The topological polar surface area (TPSA) is 81.2 Å². The van der Waals surface area contributed by atoms with E-state index in [-0.39, 0.29) is 4.90 Å². The fraction of sp³-hybridized carbons (Fsp3) is 0.333. The van der Waals surface area contributed by atoms with Gasteiger partial charge in [-0.05, 0) is 47.4 Å². The van der Waals surface area contributed by atoms with Crippen molar-refractivity contribution in [1.82, 2.24) is 19.2 Å². The van der Waals surface area contributed by atoms with Gasteiger partial charge in [0.1, 0.15) is 10.4 Å². The molecule has 1 aliphatic heterocycles. The second-order valence-corrected chi connectivity index (χ2v) is 7.56. The zero-order chi connectivity index (χ0) is 15.9. The fourth-order valence-corrected chi connectivity index (χ4v) is 4.71.